The molecule has 0 saturated carbocycles. The minimum absolute atomic E-state index is 0.0501. The quantitative estimate of drug-likeness (QED) is 0.805. The first-order chi connectivity index (χ1) is 10.2. The Bertz CT molecular complexity index is 463. The van der Waals surface area contributed by atoms with Gasteiger partial charge < -0.3 is 19.5 Å². The van der Waals surface area contributed by atoms with Crippen LogP contribution < -0.4 is 4.74 Å². The van der Waals surface area contributed by atoms with E-state index in [1.54, 1.807) is 4.90 Å². The van der Waals surface area contributed by atoms with Crippen molar-refractivity contribution in [3.8, 4) is 5.75 Å². The molecule has 2 rings (SSSR count). The molecule has 1 heterocycles. The van der Waals surface area contributed by atoms with Gasteiger partial charge in [-0.05, 0) is 25.0 Å². The highest BCUT2D eigenvalue weighted by Crippen LogP contribution is 2.16. The number of carbonyl (C=O) groups is 1. The van der Waals surface area contributed by atoms with Crippen LogP contribution in [-0.2, 0) is 9.53 Å². The third-order valence-electron chi connectivity index (χ3n) is 3.64. The molecule has 1 aromatic rings. The summed E-state index contributed by atoms with van der Waals surface area (Å²) in [5.74, 6) is 0.926. The van der Waals surface area contributed by atoms with Crippen molar-refractivity contribution in [3.63, 3.8) is 0 Å². The van der Waals surface area contributed by atoms with Gasteiger partial charge in [0.05, 0.1) is 32.5 Å². The van der Waals surface area contributed by atoms with Crippen LogP contribution in [0, 0.1) is 6.92 Å². The molecule has 1 aromatic carbocycles. The van der Waals surface area contributed by atoms with Crippen LogP contribution in [-0.4, -0.2) is 54.9 Å². The number of carbonyl (C=O) groups excluding carboxylic acids is 1. The van der Waals surface area contributed by atoms with Crippen LogP contribution in [0.4, 0.5) is 0 Å². The van der Waals surface area contributed by atoms with E-state index in [0.717, 1.165) is 11.3 Å². The zero-order chi connectivity index (χ0) is 15.1. The van der Waals surface area contributed by atoms with E-state index < -0.39 is 0 Å². The maximum absolute atomic E-state index is 12.1. The normalized spacial score (nSPS) is 18.6. The Hall–Kier alpha value is -1.59. The first-order valence-electron chi connectivity index (χ1n) is 7.39. The van der Waals surface area contributed by atoms with Gasteiger partial charge in [0, 0.05) is 13.0 Å². The maximum Gasteiger partial charge on any atom is 0.223 e. The highest BCUT2D eigenvalue weighted by atomic mass is 16.5. The number of nitrogens with zero attached hydrogens (tertiary/aromatic N) is 1. The lowest BCUT2D eigenvalue weighted by Crippen LogP contribution is -2.50. The predicted octanol–water partition coefficient (Wildman–Crippen LogP) is 1.37. The average Bonchev–Trinajstić information content (AvgIpc) is 2.52. The number of benzene rings is 1. The van der Waals surface area contributed by atoms with Crippen LogP contribution in [0.15, 0.2) is 24.3 Å². The van der Waals surface area contributed by atoms with E-state index in [0.29, 0.717) is 39.2 Å². The number of aliphatic hydroxyl groups excluding tert-OH is 1. The van der Waals surface area contributed by atoms with E-state index in [2.05, 4.69) is 0 Å². The molecule has 1 N–H and O–H groups in total. The number of aliphatic hydroxyl groups is 1. The van der Waals surface area contributed by atoms with Gasteiger partial charge in [-0.1, -0.05) is 18.2 Å². The lowest BCUT2D eigenvalue weighted by atomic mass is 10.2. The van der Waals surface area contributed by atoms with Gasteiger partial charge >= 0.3 is 0 Å². The van der Waals surface area contributed by atoms with E-state index in [9.17, 15) is 9.90 Å². The number of hydrogen-bond acceptors (Lipinski definition) is 4. The Balaban J connectivity index is 1.73. The molecule has 116 valence electrons. The van der Waals surface area contributed by atoms with Crippen molar-refractivity contribution in [1.29, 1.82) is 0 Å². The molecule has 1 fully saturated rings. The Kier molecular flexibility index (Phi) is 6.02. The second kappa shape index (κ2) is 8.00. The van der Waals surface area contributed by atoms with Crippen LogP contribution in [0.1, 0.15) is 18.4 Å². The van der Waals surface area contributed by atoms with E-state index >= 15 is 0 Å². The molecule has 0 spiro atoms. The molecule has 1 unspecified atom stereocenters. The van der Waals surface area contributed by atoms with Crippen LogP contribution in [0.2, 0.25) is 0 Å². The largest absolute Gasteiger partial charge is 0.493 e. The van der Waals surface area contributed by atoms with Crippen LogP contribution in [0.25, 0.3) is 0 Å². The SMILES string of the molecule is Cc1ccccc1OCCCC(=O)N1CCOCC1CO. The highest BCUT2D eigenvalue weighted by Gasteiger charge is 2.26. The van der Waals surface area contributed by atoms with Gasteiger partial charge in [0.15, 0.2) is 0 Å². The maximum atomic E-state index is 12.1. The van der Waals surface area contributed by atoms with Gasteiger partial charge in [-0.25, -0.2) is 0 Å². The summed E-state index contributed by atoms with van der Waals surface area (Å²) >= 11 is 0. The summed E-state index contributed by atoms with van der Waals surface area (Å²) in [6, 6.07) is 7.64. The summed E-state index contributed by atoms with van der Waals surface area (Å²) in [5, 5.41) is 9.26. The molecule has 0 radical (unpaired) electrons. The molecule has 0 bridgehead atoms. The molecule has 21 heavy (non-hydrogen) atoms. The second-order valence-electron chi connectivity index (χ2n) is 5.22. The van der Waals surface area contributed by atoms with Crippen LogP contribution in [0.5, 0.6) is 5.75 Å². The van der Waals surface area contributed by atoms with E-state index in [4.69, 9.17) is 9.47 Å². The van der Waals surface area contributed by atoms with Gasteiger partial charge in [0.1, 0.15) is 5.75 Å². The van der Waals surface area contributed by atoms with Crippen molar-refractivity contribution in [1.82, 2.24) is 4.90 Å². The van der Waals surface area contributed by atoms with Gasteiger partial charge in [-0.15, -0.1) is 0 Å². The Morgan fingerprint density at radius 1 is 1.48 bits per heavy atom. The van der Waals surface area contributed by atoms with Crippen LogP contribution >= 0.6 is 0 Å². The molecule has 1 aliphatic rings. The summed E-state index contributed by atoms with van der Waals surface area (Å²) in [6.45, 7) is 3.99. The highest BCUT2D eigenvalue weighted by molar-refractivity contribution is 5.76. The number of aryl methyl sites for hydroxylation is 1. The van der Waals surface area contributed by atoms with Crippen molar-refractivity contribution < 1.29 is 19.4 Å². The minimum atomic E-state index is -0.205. The summed E-state index contributed by atoms with van der Waals surface area (Å²) in [4.78, 5) is 13.9. The molecule has 0 aliphatic carbocycles. The Labute approximate surface area is 125 Å². The molecule has 0 aromatic heterocycles. The molecule has 1 aliphatic heterocycles. The van der Waals surface area contributed by atoms with Crippen molar-refractivity contribution in [2.45, 2.75) is 25.8 Å². The van der Waals surface area contributed by atoms with E-state index in [1.807, 2.05) is 31.2 Å². The van der Waals surface area contributed by atoms with Crippen molar-refractivity contribution in [3.05, 3.63) is 29.8 Å². The molecule has 5 nitrogen and oxygen atoms in total. The molecule has 1 atom stereocenters. The second-order valence-corrected chi connectivity index (χ2v) is 5.22. The summed E-state index contributed by atoms with van der Waals surface area (Å²) in [6.07, 6.45) is 1.10. The zero-order valence-electron chi connectivity index (χ0n) is 12.5. The van der Waals surface area contributed by atoms with Gasteiger partial charge in [0.25, 0.3) is 0 Å². The van der Waals surface area contributed by atoms with Crippen LogP contribution in [0.3, 0.4) is 0 Å². The number of morpholine rings is 1. The van der Waals surface area contributed by atoms with Crippen molar-refractivity contribution in [2.75, 3.05) is 33.0 Å². The fraction of sp³-hybridized carbons (Fsp3) is 0.562. The average molecular weight is 293 g/mol. The Morgan fingerprint density at radius 3 is 3.05 bits per heavy atom. The standard InChI is InChI=1S/C16H23NO4/c1-13-5-2-3-6-15(13)21-9-4-7-16(19)17-8-10-20-12-14(17)11-18/h2-3,5-6,14,18H,4,7-12H2,1H3. The third-order valence-corrected chi connectivity index (χ3v) is 3.64. The van der Waals surface area contributed by atoms with E-state index in [-0.39, 0.29) is 18.6 Å². The fourth-order valence-electron chi connectivity index (χ4n) is 2.40. The number of hydrogen-bond donors (Lipinski definition) is 1. The van der Waals surface area contributed by atoms with Gasteiger partial charge in [-0.3, -0.25) is 4.79 Å². The number of amides is 1. The molecule has 1 amide bonds. The monoisotopic (exact) mass is 293 g/mol. The Morgan fingerprint density at radius 2 is 2.29 bits per heavy atom. The molecular weight excluding hydrogens is 270 g/mol. The topological polar surface area (TPSA) is 59.0 Å². The molecular formula is C16H23NO4. The number of ether oxygens (including phenoxy) is 2. The smallest absolute Gasteiger partial charge is 0.223 e. The summed E-state index contributed by atoms with van der Waals surface area (Å²) < 4.78 is 11.0. The third kappa shape index (κ3) is 4.44. The molecule has 5 heteroatoms. The fourth-order valence-corrected chi connectivity index (χ4v) is 2.40. The number of rotatable bonds is 6. The van der Waals surface area contributed by atoms with Crippen molar-refractivity contribution >= 4 is 5.91 Å². The number of para-hydroxylation sites is 1. The lowest BCUT2D eigenvalue weighted by Gasteiger charge is -2.34. The minimum Gasteiger partial charge on any atom is -0.493 e. The first kappa shape index (κ1) is 15.8. The zero-order valence-corrected chi connectivity index (χ0v) is 12.5. The van der Waals surface area contributed by atoms with Gasteiger partial charge in [-0.2, -0.15) is 0 Å². The first-order valence-corrected chi connectivity index (χ1v) is 7.39. The van der Waals surface area contributed by atoms with Gasteiger partial charge in [0.2, 0.25) is 5.91 Å². The predicted molar refractivity (Wildman–Crippen MR) is 79.3 cm³/mol. The lowest BCUT2D eigenvalue weighted by molar-refractivity contribution is -0.141. The molecule has 1 saturated heterocycles. The summed E-state index contributed by atoms with van der Waals surface area (Å²) in [5.41, 5.74) is 1.09. The van der Waals surface area contributed by atoms with E-state index in [1.165, 1.54) is 0 Å². The van der Waals surface area contributed by atoms with Crippen molar-refractivity contribution in [2.24, 2.45) is 0 Å². The summed E-state index contributed by atoms with van der Waals surface area (Å²) in [7, 11) is 0.